The summed E-state index contributed by atoms with van der Waals surface area (Å²) in [7, 11) is 0. The molecule has 112 valence electrons. The molecule has 2 heterocycles. The SMILES string of the molecule is CCC1(C(=O)O)CCN(C(C)c2nc3ccccc3s2)C1. The minimum absolute atomic E-state index is 0.176. The Morgan fingerprint density at radius 3 is 2.90 bits per heavy atom. The quantitative estimate of drug-likeness (QED) is 0.938. The van der Waals surface area contributed by atoms with Gasteiger partial charge in [0, 0.05) is 13.1 Å². The predicted octanol–water partition coefficient (Wildman–Crippen LogP) is 3.54. The summed E-state index contributed by atoms with van der Waals surface area (Å²) in [6.07, 6.45) is 1.42. The molecule has 1 fully saturated rings. The molecule has 0 saturated carbocycles. The van der Waals surface area contributed by atoms with Crippen LogP contribution in [0.3, 0.4) is 0 Å². The summed E-state index contributed by atoms with van der Waals surface area (Å²) in [6, 6.07) is 8.31. The number of likely N-dealkylation sites (tertiary alicyclic amines) is 1. The van der Waals surface area contributed by atoms with Crippen molar-refractivity contribution in [2.75, 3.05) is 13.1 Å². The van der Waals surface area contributed by atoms with Crippen LogP contribution in [0.1, 0.15) is 37.7 Å². The average molecular weight is 304 g/mol. The van der Waals surface area contributed by atoms with E-state index in [0.717, 1.165) is 23.5 Å². The number of rotatable bonds is 4. The highest BCUT2D eigenvalue weighted by molar-refractivity contribution is 7.18. The third-order valence-corrected chi connectivity index (χ3v) is 5.94. The molecule has 21 heavy (non-hydrogen) atoms. The first-order chi connectivity index (χ1) is 10.1. The smallest absolute Gasteiger partial charge is 0.310 e. The molecule has 5 heteroatoms. The maximum absolute atomic E-state index is 11.6. The lowest BCUT2D eigenvalue weighted by Gasteiger charge is -2.26. The van der Waals surface area contributed by atoms with Gasteiger partial charge in [-0.1, -0.05) is 19.1 Å². The lowest BCUT2D eigenvalue weighted by Crippen LogP contribution is -2.34. The van der Waals surface area contributed by atoms with Crippen molar-refractivity contribution in [3.63, 3.8) is 0 Å². The monoisotopic (exact) mass is 304 g/mol. The Balaban J connectivity index is 1.83. The molecule has 1 saturated heterocycles. The molecule has 0 spiro atoms. The molecule has 3 rings (SSSR count). The molecule has 2 aromatic rings. The molecule has 0 bridgehead atoms. The fourth-order valence-electron chi connectivity index (χ4n) is 3.07. The van der Waals surface area contributed by atoms with Crippen LogP contribution in [0.2, 0.25) is 0 Å². The zero-order chi connectivity index (χ0) is 15.0. The number of carbonyl (C=O) groups is 1. The molecule has 2 atom stereocenters. The molecule has 1 N–H and O–H groups in total. The van der Waals surface area contributed by atoms with Gasteiger partial charge in [0.1, 0.15) is 5.01 Å². The standard InChI is InChI=1S/C16H20N2O2S/c1-3-16(15(19)20)8-9-18(10-16)11(2)14-17-12-6-4-5-7-13(12)21-14/h4-7,11H,3,8-10H2,1-2H3,(H,19,20). The van der Waals surface area contributed by atoms with Crippen LogP contribution in [0.15, 0.2) is 24.3 Å². The van der Waals surface area contributed by atoms with Crippen molar-refractivity contribution in [1.29, 1.82) is 0 Å². The van der Waals surface area contributed by atoms with Crippen molar-refractivity contribution in [3.05, 3.63) is 29.3 Å². The minimum Gasteiger partial charge on any atom is -0.481 e. The van der Waals surface area contributed by atoms with Crippen LogP contribution in [0.25, 0.3) is 10.2 Å². The minimum atomic E-state index is -0.663. The highest BCUT2D eigenvalue weighted by Crippen LogP contribution is 2.39. The highest BCUT2D eigenvalue weighted by Gasteiger charge is 2.44. The van der Waals surface area contributed by atoms with E-state index in [9.17, 15) is 9.90 Å². The van der Waals surface area contributed by atoms with Gasteiger partial charge in [-0.05, 0) is 31.9 Å². The topological polar surface area (TPSA) is 53.4 Å². The van der Waals surface area contributed by atoms with E-state index in [-0.39, 0.29) is 6.04 Å². The second kappa shape index (κ2) is 5.39. The van der Waals surface area contributed by atoms with Gasteiger partial charge in [-0.3, -0.25) is 9.69 Å². The molecular formula is C16H20N2O2S. The van der Waals surface area contributed by atoms with Crippen LogP contribution in [-0.4, -0.2) is 34.0 Å². The zero-order valence-corrected chi connectivity index (χ0v) is 13.2. The van der Waals surface area contributed by atoms with Crippen molar-refractivity contribution in [1.82, 2.24) is 9.88 Å². The number of carboxylic acids is 1. The van der Waals surface area contributed by atoms with Crippen molar-refractivity contribution >= 4 is 27.5 Å². The van der Waals surface area contributed by atoms with Crippen LogP contribution in [0.5, 0.6) is 0 Å². The number of benzene rings is 1. The number of para-hydroxylation sites is 1. The number of nitrogens with zero attached hydrogens (tertiary/aromatic N) is 2. The largest absolute Gasteiger partial charge is 0.481 e. The van der Waals surface area contributed by atoms with Gasteiger partial charge >= 0.3 is 5.97 Å². The predicted molar refractivity (Wildman–Crippen MR) is 84.6 cm³/mol. The van der Waals surface area contributed by atoms with Gasteiger partial charge in [0.2, 0.25) is 0 Å². The maximum atomic E-state index is 11.6. The number of hydrogen-bond donors (Lipinski definition) is 1. The van der Waals surface area contributed by atoms with E-state index in [4.69, 9.17) is 4.98 Å². The van der Waals surface area contributed by atoms with Gasteiger partial charge in [-0.2, -0.15) is 0 Å². The first-order valence-electron chi connectivity index (χ1n) is 7.38. The zero-order valence-electron chi connectivity index (χ0n) is 12.4. The molecule has 1 aromatic carbocycles. The third-order valence-electron chi connectivity index (χ3n) is 4.73. The number of aliphatic carboxylic acids is 1. The Bertz CT molecular complexity index is 636. The Hall–Kier alpha value is -1.46. The summed E-state index contributed by atoms with van der Waals surface area (Å²) < 4.78 is 1.19. The van der Waals surface area contributed by atoms with Crippen LogP contribution < -0.4 is 0 Å². The molecule has 1 aromatic heterocycles. The summed E-state index contributed by atoms with van der Waals surface area (Å²) >= 11 is 1.71. The number of aromatic nitrogens is 1. The summed E-state index contributed by atoms with van der Waals surface area (Å²) in [5, 5.41) is 10.6. The number of thiazole rings is 1. The van der Waals surface area contributed by atoms with E-state index < -0.39 is 11.4 Å². The van der Waals surface area contributed by atoms with E-state index in [0.29, 0.717) is 13.0 Å². The van der Waals surface area contributed by atoms with Gasteiger partial charge in [-0.25, -0.2) is 4.98 Å². The molecule has 4 nitrogen and oxygen atoms in total. The molecule has 0 radical (unpaired) electrons. The van der Waals surface area contributed by atoms with Crippen molar-refractivity contribution < 1.29 is 9.90 Å². The Kier molecular flexibility index (Phi) is 3.71. The first-order valence-corrected chi connectivity index (χ1v) is 8.20. The van der Waals surface area contributed by atoms with E-state index in [1.54, 1.807) is 11.3 Å². The van der Waals surface area contributed by atoms with Gasteiger partial charge in [0.25, 0.3) is 0 Å². The lowest BCUT2D eigenvalue weighted by molar-refractivity contribution is -0.148. The Labute approximate surface area is 128 Å². The molecule has 1 aliphatic rings. The fraction of sp³-hybridized carbons (Fsp3) is 0.500. The number of fused-ring (bicyclic) bond motifs is 1. The normalized spacial score (nSPS) is 24.5. The second-order valence-electron chi connectivity index (χ2n) is 5.86. The Morgan fingerprint density at radius 2 is 2.29 bits per heavy atom. The molecule has 1 aliphatic heterocycles. The van der Waals surface area contributed by atoms with Gasteiger partial charge < -0.3 is 5.11 Å². The highest BCUT2D eigenvalue weighted by atomic mass is 32.1. The van der Waals surface area contributed by atoms with E-state index in [2.05, 4.69) is 17.9 Å². The molecule has 0 amide bonds. The average Bonchev–Trinajstić information content (AvgIpc) is 3.11. The maximum Gasteiger partial charge on any atom is 0.310 e. The third kappa shape index (κ3) is 2.45. The molecule has 0 aliphatic carbocycles. The van der Waals surface area contributed by atoms with Crippen LogP contribution in [0.4, 0.5) is 0 Å². The van der Waals surface area contributed by atoms with Gasteiger partial charge in [0.05, 0.1) is 21.7 Å². The fourth-order valence-corrected chi connectivity index (χ4v) is 4.13. The first kappa shape index (κ1) is 14.5. The second-order valence-corrected chi connectivity index (χ2v) is 6.92. The van der Waals surface area contributed by atoms with E-state index >= 15 is 0 Å². The van der Waals surface area contributed by atoms with Gasteiger partial charge in [-0.15, -0.1) is 11.3 Å². The number of carboxylic acid groups (broad SMARTS) is 1. The van der Waals surface area contributed by atoms with Gasteiger partial charge in [0.15, 0.2) is 0 Å². The molecule has 2 unspecified atom stereocenters. The van der Waals surface area contributed by atoms with Crippen molar-refractivity contribution in [3.8, 4) is 0 Å². The number of hydrogen-bond acceptors (Lipinski definition) is 4. The summed E-state index contributed by atoms with van der Waals surface area (Å²) in [6.45, 7) is 5.55. The van der Waals surface area contributed by atoms with Crippen LogP contribution >= 0.6 is 11.3 Å². The summed E-state index contributed by atoms with van der Waals surface area (Å²) in [4.78, 5) is 18.5. The van der Waals surface area contributed by atoms with Crippen LogP contribution in [-0.2, 0) is 4.79 Å². The Morgan fingerprint density at radius 1 is 1.52 bits per heavy atom. The van der Waals surface area contributed by atoms with E-state index in [1.807, 2.05) is 25.1 Å². The van der Waals surface area contributed by atoms with Crippen molar-refractivity contribution in [2.45, 2.75) is 32.7 Å². The van der Waals surface area contributed by atoms with Crippen molar-refractivity contribution in [2.24, 2.45) is 5.41 Å². The lowest BCUT2D eigenvalue weighted by atomic mass is 9.84. The van der Waals surface area contributed by atoms with E-state index in [1.165, 1.54) is 4.70 Å². The van der Waals surface area contributed by atoms with Crippen LogP contribution in [0, 0.1) is 5.41 Å². The summed E-state index contributed by atoms with van der Waals surface area (Å²) in [5.74, 6) is -0.663. The summed E-state index contributed by atoms with van der Waals surface area (Å²) in [5.41, 5.74) is 0.453. The molecular weight excluding hydrogens is 284 g/mol.